The van der Waals surface area contributed by atoms with E-state index in [0.717, 1.165) is 16.3 Å². The lowest BCUT2D eigenvalue weighted by molar-refractivity contribution is 0.102. The highest BCUT2D eigenvalue weighted by Crippen LogP contribution is 2.25. The SMILES string of the molecule is O=C(Nc1cccc2cccnc12)c1cc(Cl)cc2cccnc12. The summed E-state index contributed by atoms with van der Waals surface area (Å²) in [6.07, 6.45) is 3.36. The molecule has 0 spiro atoms. The predicted octanol–water partition coefficient (Wildman–Crippen LogP) is 4.69. The molecule has 0 bridgehead atoms. The van der Waals surface area contributed by atoms with Crippen LogP contribution in [0.25, 0.3) is 21.8 Å². The molecule has 4 nitrogen and oxygen atoms in total. The Kier molecular flexibility index (Phi) is 3.59. The molecule has 1 N–H and O–H groups in total. The Morgan fingerprint density at radius 1 is 0.875 bits per heavy atom. The zero-order valence-corrected chi connectivity index (χ0v) is 13.3. The first kappa shape index (κ1) is 14.6. The van der Waals surface area contributed by atoms with E-state index < -0.39 is 0 Å². The summed E-state index contributed by atoms with van der Waals surface area (Å²) < 4.78 is 0. The standard InChI is InChI=1S/C19H12ClN3O/c20-14-10-13-6-3-8-21-17(13)15(11-14)19(24)23-16-7-1-4-12-5-2-9-22-18(12)16/h1-11H,(H,23,24). The number of para-hydroxylation sites is 1. The van der Waals surface area contributed by atoms with Crippen molar-refractivity contribution in [3.8, 4) is 0 Å². The van der Waals surface area contributed by atoms with Crippen molar-refractivity contribution in [2.24, 2.45) is 0 Å². The molecule has 0 aliphatic carbocycles. The highest BCUT2D eigenvalue weighted by atomic mass is 35.5. The van der Waals surface area contributed by atoms with E-state index in [9.17, 15) is 4.79 Å². The van der Waals surface area contributed by atoms with Gasteiger partial charge in [0.15, 0.2) is 0 Å². The molecule has 0 saturated carbocycles. The van der Waals surface area contributed by atoms with Crippen molar-refractivity contribution in [1.29, 1.82) is 0 Å². The quantitative estimate of drug-likeness (QED) is 0.579. The predicted molar refractivity (Wildman–Crippen MR) is 96.4 cm³/mol. The Labute approximate surface area is 143 Å². The Hall–Kier alpha value is -2.98. The second-order valence-electron chi connectivity index (χ2n) is 5.36. The summed E-state index contributed by atoms with van der Waals surface area (Å²) >= 11 is 6.15. The number of halogens is 1. The highest BCUT2D eigenvalue weighted by molar-refractivity contribution is 6.32. The van der Waals surface area contributed by atoms with Crippen LogP contribution in [0.1, 0.15) is 10.4 Å². The number of nitrogens with one attached hydrogen (secondary N) is 1. The number of nitrogens with zero attached hydrogens (tertiary/aromatic N) is 2. The number of carbonyl (C=O) groups is 1. The molecule has 24 heavy (non-hydrogen) atoms. The van der Waals surface area contributed by atoms with E-state index >= 15 is 0 Å². The molecule has 0 aliphatic heterocycles. The van der Waals surface area contributed by atoms with Gasteiger partial charge in [-0.25, -0.2) is 0 Å². The summed E-state index contributed by atoms with van der Waals surface area (Å²) in [4.78, 5) is 21.4. The normalized spacial score (nSPS) is 10.9. The minimum atomic E-state index is -0.264. The van der Waals surface area contributed by atoms with Crippen molar-refractivity contribution in [2.75, 3.05) is 5.32 Å². The Morgan fingerprint density at radius 2 is 1.58 bits per heavy atom. The number of pyridine rings is 2. The van der Waals surface area contributed by atoms with Gasteiger partial charge in [-0.05, 0) is 30.3 Å². The maximum absolute atomic E-state index is 12.8. The molecule has 4 aromatic rings. The Bertz CT molecular complexity index is 1070. The second-order valence-corrected chi connectivity index (χ2v) is 5.80. The van der Waals surface area contributed by atoms with E-state index in [2.05, 4.69) is 15.3 Å². The van der Waals surface area contributed by atoms with Crippen LogP contribution in [0.2, 0.25) is 5.02 Å². The maximum atomic E-state index is 12.8. The third kappa shape index (κ3) is 2.57. The van der Waals surface area contributed by atoms with Crippen molar-refractivity contribution in [1.82, 2.24) is 9.97 Å². The van der Waals surface area contributed by atoms with Gasteiger partial charge in [0.2, 0.25) is 0 Å². The van der Waals surface area contributed by atoms with Crippen LogP contribution in [0.5, 0.6) is 0 Å². The molecule has 116 valence electrons. The first-order valence-corrected chi connectivity index (χ1v) is 7.79. The minimum Gasteiger partial charge on any atom is -0.320 e. The van der Waals surface area contributed by atoms with Crippen molar-refractivity contribution < 1.29 is 4.79 Å². The molecule has 0 radical (unpaired) electrons. The fraction of sp³-hybridized carbons (Fsp3) is 0. The molecule has 2 heterocycles. The average molecular weight is 334 g/mol. The van der Waals surface area contributed by atoms with Gasteiger partial charge in [0.05, 0.1) is 22.3 Å². The number of aromatic nitrogens is 2. The van der Waals surface area contributed by atoms with Gasteiger partial charge in [0, 0.05) is 28.2 Å². The van der Waals surface area contributed by atoms with Crippen molar-refractivity contribution in [2.45, 2.75) is 0 Å². The molecule has 0 unspecified atom stereocenters. The number of benzene rings is 2. The third-order valence-corrected chi connectivity index (χ3v) is 4.01. The second kappa shape index (κ2) is 5.91. The lowest BCUT2D eigenvalue weighted by Gasteiger charge is -2.10. The van der Waals surface area contributed by atoms with Gasteiger partial charge >= 0.3 is 0 Å². The fourth-order valence-corrected chi connectivity index (χ4v) is 2.95. The number of rotatable bonds is 2. The van der Waals surface area contributed by atoms with Crippen LogP contribution in [-0.2, 0) is 0 Å². The van der Waals surface area contributed by atoms with Gasteiger partial charge in [0.25, 0.3) is 5.91 Å². The maximum Gasteiger partial charge on any atom is 0.257 e. The summed E-state index contributed by atoms with van der Waals surface area (Å²) in [5.74, 6) is -0.264. The molecular formula is C19H12ClN3O. The van der Waals surface area contributed by atoms with Crippen LogP contribution in [0.3, 0.4) is 0 Å². The zero-order valence-electron chi connectivity index (χ0n) is 12.5. The number of amides is 1. The largest absolute Gasteiger partial charge is 0.320 e. The Morgan fingerprint density at radius 3 is 2.42 bits per heavy atom. The van der Waals surface area contributed by atoms with Crippen molar-refractivity contribution in [3.63, 3.8) is 0 Å². The summed E-state index contributed by atoms with van der Waals surface area (Å²) in [6.45, 7) is 0. The zero-order chi connectivity index (χ0) is 16.5. The van der Waals surface area contributed by atoms with Crippen molar-refractivity contribution in [3.05, 3.63) is 77.6 Å². The number of hydrogen-bond donors (Lipinski definition) is 1. The van der Waals surface area contributed by atoms with Crippen LogP contribution < -0.4 is 5.32 Å². The highest BCUT2D eigenvalue weighted by Gasteiger charge is 2.14. The van der Waals surface area contributed by atoms with E-state index in [4.69, 9.17) is 11.6 Å². The van der Waals surface area contributed by atoms with Gasteiger partial charge < -0.3 is 5.32 Å². The van der Waals surface area contributed by atoms with E-state index in [1.807, 2.05) is 42.5 Å². The van der Waals surface area contributed by atoms with Gasteiger partial charge in [-0.1, -0.05) is 35.9 Å². The minimum absolute atomic E-state index is 0.264. The molecule has 5 heteroatoms. The Balaban J connectivity index is 1.80. The van der Waals surface area contributed by atoms with Crippen LogP contribution in [0, 0.1) is 0 Å². The first-order chi connectivity index (χ1) is 11.7. The van der Waals surface area contributed by atoms with Gasteiger partial charge in [0.1, 0.15) is 0 Å². The molecule has 2 aromatic carbocycles. The molecule has 0 atom stereocenters. The van der Waals surface area contributed by atoms with Crippen LogP contribution in [0.4, 0.5) is 5.69 Å². The fourth-order valence-electron chi connectivity index (χ4n) is 2.72. The molecule has 2 aromatic heterocycles. The summed E-state index contributed by atoms with van der Waals surface area (Å²) in [6, 6.07) is 16.6. The molecule has 0 fully saturated rings. The number of anilines is 1. The number of hydrogen-bond acceptors (Lipinski definition) is 3. The van der Waals surface area contributed by atoms with Crippen molar-refractivity contribution >= 4 is 45.0 Å². The van der Waals surface area contributed by atoms with Gasteiger partial charge in [-0.3, -0.25) is 14.8 Å². The van der Waals surface area contributed by atoms with E-state index in [1.54, 1.807) is 24.5 Å². The monoisotopic (exact) mass is 333 g/mol. The van der Waals surface area contributed by atoms with E-state index in [0.29, 0.717) is 21.8 Å². The molecule has 0 saturated heterocycles. The van der Waals surface area contributed by atoms with Gasteiger partial charge in [-0.2, -0.15) is 0 Å². The number of fused-ring (bicyclic) bond motifs is 2. The first-order valence-electron chi connectivity index (χ1n) is 7.42. The summed E-state index contributed by atoms with van der Waals surface area (Å²) in [5, 5.41) is 5.21. The van der Waals surface area contributed by atoms with E-state index in [-0.39, 0.29) is 5.91 Å². The third-order valence-electron chi connectivity index (χ3n) is 3.80. The van der Waals surface area contributed by atoms with Crippen LogP contribution in [-0.4, -0.2) is 15.9 Å². The average Bonchev–Trinajstić information content (AvgIpc) is 2.61. The molecule has 1 amide bonds. The van der Waals surface area contributed by atoms with Crippen LogP contribution in [0.15, 0.2) is 67.0 Å². The topological polar surface area (TPSA) is 54.9 Å². The summed E-state index contributed by atoms with van der Waals surface area (Å²) in [7, 11) is 0. The lowest BCUT2D eigenvalue weighted by Crippen LogP contribution is -2.13. The van der Waals surface area contributed by atoms with Crippen LogP contribution >= 0.6 is 11.6 Å². The molecular weight excluding hydrogens is 322 g/mol. The number of carbonyl (C=O) groups excluding carboxylic acids is 1. The van der Waals surface area contributed by atoms with Gasteiger partial charge in [-0.15, -0.1) is 0 Å². The summed E-state index contributed by atoms with van der Waals surface area (Å²) in [5.41, 5.74) is 2.45. The van der Waals surface area contributed by atoms with E-state index in [1.165, 1.54) is 0 Å². The molecule has 0 aliphatic rings. The molecule has 4 rings (SSSR count). The lowest BCUT2D eigenvalue weighted by atomic mass is 10.1. The smallest absolute Gasteiger partial charge is 0.257 e.